The molecule has 3 rings (SSSR count). The van der Waals surface area contributed by atoms with Crippen LogP contribution < -0.4 is 14.9 Å². The zero-order chi connectivity index (χ0) is 19.6. The first-order valence-electron chi connectivity index (χ1n) is 10.0. The van der Waals surface area contributed by atoms with Crippen LogP contribution in [0.25, 0.3) is 0 Å². The highest BCUT2D eigenvalue weighted by molar-refractivity contribution is 5.94. The second-order valence-electron chi connectivity index (χ2n) is 7.01. The van der Waals surface area contributed by atoms with Crippen LogP contribution in [-0.2, 0) is 6.61 Å². The highest BCUT2D eigenvalue weighted by Crippen LogP contribution is 2.22. The Labute approximate surface area is 166 Å². The van der Waals surface area contributed by atoms with Crippen molar-refractivity contribution in [2.75, 3.05) is 6.61 Å². The van der Waals surface area contributed by atoms with Crippen molar-refractivity contribution in [1.82, 2.24) is 5.43 Å². The van der Waals surface area contributed by atoms with Crippen molar-refractivity contribution < 1.29 is 14.3 Å². The number of hydrazone groups is 1. The molecule has 0 spiro atoms. The third kappa shape index (κ3) is 6.12. The van der Waals surface area contributed by atoms with E-state index in [0.29, 0.717) is 24.7 Å². The van der Waals surface area contributed by atoms with Gasteiger partial charge in [0.2, 0.25) is 0 Å². The Bertz CT molecular complexity index is 763. The van der Waals surface area contributed by atoms with Gasteiger partial charge in [0, 0.05) is 11.8 Å². The molecule has 0 radical (unpaired) electrons. The number of rotatable bonds is 8. The van der Waals surface area contributed by atoms with Gasteiger partial charge in [0.15, 0.2) is 0 Å². The minimum Gasteiger partial charge on any atom is -0.494 e. The van der Waals surface area contributed by atoms with E-state index in [1.807, 2.05) is 49.5 Å². The average Bonchev–Trinajstić information content (AvgIpc) is 2.74. The maximum Gasteiger partial charge on any atom is 0.271 e. The summed E-state index contributed by atoms with van der Waals surface area (Å²) in [6, 6.07) is 14.9. The number of ether oxygens (including phenoxy) is 2. The summed E-state index contributed by atoms with van der Waals surface area (Å²) in [5.41, 5.74) is 4.21. The smallest absolute Gasteiger partial charge is 0.271 e. The van der Waals surface area contributed by atoms with Crippen LogP contribution in [0.3, 0.4) is 0 Å². The van der Waals surface area contributed by atoms with E-state index in [0.717, 1.165) is 17.1 Å². The first kappa shape index (κ1) is 19.9. The van der Waals surface area contributed by atoms with Crippen LogP contribution >= 0.6 is 0 Å². The summed E-state index contributed by atoms with van der Waals surface area (Å²) >= 11 is 0. The van der Waals surface area contributed by atoms with Crippen LogP contribution in [-0.4, -0.2) is 18.7 Å². The Hall–Kier alpha value is -2.82. The molecule has 1 fully saturated rings. The molecular formula is C23H28N2O3. The first-order valence-corrected chi connectivity index (χ1v) is 10.0. The van der Waals surface area contributed by atoms with Crippen molar-refractivity contribution in [2.24, 2.45) is 11.0 Å². The summed E-state index contributed by atoms with van der Waals surface area (Å²) in [7, 11) is 0. The zero-order valence-electron chi connectivity index (χ0n) is 16.4. The van der Waals surface area contributed by atoms with Crippen LogP contribution in [0.5, 0.6) is 11.5 Å². The highest BCUT2D eigenvalue weighted by Gasteiger charge is 2.11. The fourth-order valence-electron chi connectivity index (χ4n) is 3.27. The van der Waals surface area contributed by atoms with Crippen molar-refractivity contribution in [3.05, 3.63) is 59.7 Å². The number of carbonyl (C=O) groups excluding carboxylic acids is 1. The second kappa shape index (κ2) is 10.5. The number of nitrogens with one attached hydrogen (secondary N) is 1. The molecule has 5 heteroatoms. The van der Waals surface area contributed by atoms with Gasteiger partial charge in [-0.15, -0.1) is 0 Å². The molecule has 28 heavy (non-hydrogen) atoms. The summed E-state index contributed by atoms with van der Waals surface area (Å²) in [5.74, 6) is 1.92. The van der Waals surface area contributed by atoms with Crippen molar-refractivity contribution in [1.29, 1.82) is 0 Å². The van der Waals surface area contributed by atoms with Gasteiger partial charge in [0.05, 0.1) is 6.61 Å². The third-order valence-electron chi connectivity index (χ3n) is 4.86. The Morgan fingerprint density at radius 1 is 1.00 bits per heavy atom. The molecule has 0 bridgehead atoms. The summed E-state index contributed by atoms with van der Waals surface area (Å²) < 4.78 is 11.2. The minimum atomic E-state index is -0.189. The number of nitrogens with zero attached hydrogens (tertiary/aromatic N) is 1. The van der Waals surface area contributed by atoms with Gasteiger partial charge in [0.25, 0.3) is 5.91 Å². The van der Waals surface area contributed by atoms with Crippen molar-refractivity contribution in [3.8, 4) is 11.5 Å². The summed E-state index contributed by atoms with van der Waals surface area (Å²) in [5, 5.41) is 4.13. The standard InChI is InChI=1S/C23H28N2O3/c1-2-27-21-12-14-22(15-13-21)28-17-19-8-10-20(11-9-19)23(26)25-24-16-18-6-4-3-5-7-18/h8-16,18H,2-7,17H2,1H3,(H,25,26)/b24-16-. The maximum absolute atomic E-state index is 12.2. The zero-order valence-corrected chi connectivity index (χ0v) is 16.4. The molecule has 1 saturated carbocycles. The van der Waals surface area contributed by atoms with Gasteiger partial charge >= 0.3 is 0 Å². The summed E-state index contributed by atoms with van der Waals surface area (Å²) in [4.78, 5) is 12.2. The van der Waals surface area contributed by atoms with E-state index in [2.05, 4.69) is 10.5 Å². The topological polar surface area (TPSA) is 59.9 Å². The van der Waals surface area contributed by atoms with E-state index in [4.69, 9.17) is 9.47 Å². The van der Waals surface area contributed by atoms with E-state index < -0.39 is 0 Å². The van der Waals surface area contributed by atoms with Gasteiger partial charge in [-0.25, -0.2) is 5.43 Å². The molecule has 5 nitrogen and oxygen atoms in total. The molecule has 2 aromatic carbocycles. The molecule has 0 unspecified atom stereocenters. The SMILES string of the molecule is CCOc1ccc(OCc2ccc(C(=O)N/N=C\C3CCCCC3)cc2)cc1. The van der Waals surface area contributed by atoms with Crippen molar-refractivity contribution >= 4 is 12.1 Å². The summed E-state index contributed by atoms with van der Waals surface area (Å²) in [6.07, 6.45) is 8.04. The van der Waals surface area contributed by atoms with Crippen LogP contribution in [0.1, 0.15) is 54.9 Å². The minimum absolute atomic E-state index is 0.189. The predicted octanol–water partition coefficient (Wildman–Crippen LogP) is 4.96. The van der Waals surface area contributed by atoms with Gasteiger partial charge in [-0.2, -0.15) is 5.10 Å². The van der Waals surface area contributed by atoms with E-state index in [1.165, 1.54) is 32.1 Å². The molecule has 0 saturated heterocycles. The fourth-order valence-corrected chi connectivity index (χ4v) is 3.27. The number of carbonyl (C=O) groups is 1. The first-order chi connectivity index (χ1) is 13.7. The molecule has 148 valence electrons. The van der Waals surface area contributed by atoms with Crippen LogP contribution in [0.4, 0.5) is 0 Å². The van der Waals surface area contributed by atoms with Crippen molar-refractivity contribution in [2.45, 2.75) is 45.6 Å². The van der Waals surface area contributed by atoms with Gasteiger partial charge in [-0.05, 0) is 67.6 Å². The lowest BCUT2D eigenvalue weighted by atomic mass is 9.90. The van der Waals surface area contributed by atoms with E-state index in [1.54, 1.807) is 12.1 Å². The molecule has 1 aliphatic rings. The molecular weight excluding hydrogens is 352 g/mol. The van der Waals surface area contributed by atoms with Crippen LogP contribution in [0.15, 0.2) is 53.6 Å². The maximum atomic E-state index is 12.2. The lowest BCUT2D eigenvalue weighted by molar-refractivity contribution is 0.0955. The van der Waals surface area contributed by atoms with Crippen molar-refractivity contribution in [3.63, 3.8) is 0 Å². The van der Waals surface area contributed by atoms with Gasteiger partial charge in [-0.3, -0.25) is 4.79 Å². The molecule has 0 aromatic heterocycles. The Kier molecular flexibility index (Phi) is 7.47. The number of hydrogen-bond donors (Lipinski definition) is 1. The lowest BCUT2D eigenvalue weighted by Crippen LogP contribution is -2.19. The molecule has 0 aliphatic heterocycles. The fraction of sp³-hybridized carbons (Fsp3) is 0.391. The number of benzene rings is 2. The third-order valence-corrected chi connectivity index (χ3v) is 4.86. The quantitative estimate of drug-likeness (QED) is 0.520. The Balaban J connectivity index is 1.45. The van der Waals surface area contributed by atoms with E-state index in [-0.39, 0.29) is 5.91 Å². The molecule has 1 amide bonds. The van der Waals surface area contributed by atoms with Gasteiger partial charge < -0.3 is 9.47 Å². The average molecular weight is 380 g/mol. The van der Waals surface area contributed by atoms with Gasteiger partial charge in [-0.1, -0.05) is 31.4 Å². The Morgan fingerprint density at radius 3 is 2.29 bits per heavy atom. The molecule has 2 aromatic rings. The summed E-state index contributed by atoms with van der Waals surface area (Å²) in [6.45, 7) is 3.04. The molecule has 1 aliphatic carbocycles. The van der Waals surface area contributed by atoms with Crippen LogP contribution in [0.2, 0.25) is 0 Å². The molecule has 0 atom stereocenters. The normalized spacial score (nSPS) is 14.8. The molecule has 0 heterocycles. The number of amides is 1. The van der Waals surface area contributed by atoms with Crippen LogP contribution in [0, 0.1) is 5.92 Å². The predicted molar refractivity (Wildman–Crippen MR) is 111 cm³/mol. The lowest BCUT2D eigenvalue weighted by Gasteiger charge is -2.16. The highest BCUT2D eigenvalue weighted by atomic mass is 16.5. The van der Waals surface area contributed by atoms with E-state index >= 15 is 0 Å². The second-order valence-corrected chi connectivity index (χ2v) is 7.01. The molecule has 1 N–H and O–H groups in total. The van der Waals surface area contributed by atoms with E-state index in [9.17, 15) is 4.79 Å². The Morgan fingerprint density at radius 2 is 1.64 bits per heavy atom. The van der Waals surface area contributed by atoms with Gasteiger partial charge in [0.1, 0.15) is 18.1 Å². The number of hydrogen-bond acceptors (Lipinski definition) is 4. The largest absolute Gasteiger partial charge is 0.494 e. The monoisotopic (exact) mass is 380 g/mol.